The molecule has 0 aromatic carbocycles. The van der Waals surface area contributed by atoms with Gasteiger partial charge >= 0.3 is 0 Å². The summed E-state index contributed by atoms with van der Waals surface area (Å²) in [6.45, 7) is 8.53. The van der Waals surface area contributed by atoms with Crippen LogP contribution in [0.4, 0.5) is 0 Å². The van der Waals surface area contributed by atoms with Crippen molar-refractivity contribution < 1.29 is 9.90 Å². The molecule has 4 heteroatoms. The van der Waals surface area contributed by atoms with Crippen molar-refractivity contribution in [1.82, 2.24) is 4.90 Å². The topological polar surface area (TPSA) is 66.6 Å². The van der Waals surface area contributed by atoms with Gasteiger partial charge in [-0.15, -0.1) is 0 Å². The maximum Gasteiger partial charge on any atom is 0.226 e. The molecule has 1 aliphatic carbocycles. The van der Waals surface area contributed by atoms with Gasteiger partial charge in [0.25, 0.3) is 0 Å². The molecule has 0 aromatic heterocycles. The predicted molar refractivity (Wildman–Crippen MR) is 84.7 cm³/mol. The predicted octanol–water partition coefficient (Wildman–Crippen LogP) is 2.01. The second-order valence-corrected chi connectivity index (χ2v) is 7.71. The second kappa shape index (κ2) is 6.66. The van der Waals surface area contributed by atoms with E-state index >= 15 is 0 Å². The number of piperidine rings is 1. The monoisotopic (exact) mass is 296 g/mol. The molecule has 21 heavy (non-hydrogen) atoms. The van der Waals surface area contributed by atoms with Crippen LogP contribution in [-0.2, 0) is 4.79 Å². The van der Waals surface area contributed by atoms with Crippen LogP contribution in [0.25, 0.3) is 0 Å². The summed E-state index contributed by atoms with van der Waals surface area (Å²) in [4.78, 5) is 15.0. The van der Waals surface area contributed by atoms with E-state index in [2.05, 4.69) is 25.7 Å². The summed E-state index contributed by atoms with van der Waals surface area (Å²) in [7, 11) is 0. The summed E-state index contributed by atoms with van der Waals surface area (Å²) in [5, 5.41) is 9.12. The smallest absolute Gasteiger partial charge is 0.226 e. The maximum atomic E-state index is 13.0. The van der Waals surface area contributed by atoms with Crippen LogP contribution in [0, 0.1) is 23.2 Å². The van der Waals surface area contributed by atoms with Gasteiger partial charge in [0.05, 0.1) is 0 Å². The summed E-state index contributed by atoms with van der Waals surface area (Å²) in [5.41, 5.74) is 6.17. The van der Waals surface area contributed by atoms with Crippen molar-refractivity contribution >= 4 is 5.91 Å². The van der Waals surface area contributed by atoms with Crippen molar-refractivity contribution in [3.05, 3.63) is 0 Å². The number of aliphatic hydroxyl groups excluding tert-OH is 1. The highest BCUT2D eigenvalue weighted by molar-refractivity contribution is 5.80. The Bertz CT molecular complexity index is 368. The largest absolute Gasteiger partial charge is 0.396 e. The molecule has 1 aliphatic heterocycles. The molecule has 3 N–H and O–H groups in total. The highest BCUT2D eigenvalue weighted by Crippen LogP contribution is 2.45. The lowest BCUT2D eigenvalue weighted by Gasteiger charge is -2.48. The molecule has 4 atom stereocenters. The van der Waals surface area contributed by atoms with E-state index in [0.29, 0.717) is 17.7 Å². The summed E-state index contributed by atoms with van der Waals surface area (Å²) in [6.07, 6.45) is 4.89. The van der Waals surface area contributed by atoms with E-state index in [1.165, 1.54) is 0 Å². The number of hydrogen-bond donors (Lipinski definition) is 2. The van der Waals surface area contributed by atoms with E-state index in [9.17, 15) is 4.79 Å². The van der Waals surface area contributed by atoms with Crippen molar-refractivity contribution in [1.29, 1.82) is 0 Å². The molecule has 122 valence electrons. The third-order valence-corrected chi connectivity index (χ3v) is 6.17. The Labute approximate surface area is 129 Å². The van der Waals surface area contributed by atoms with Gasteiger partial charge in [-0.3, -0.25) is 4.79 Å². The van der Waals surface area contributed by atoms with Crippen molar-refractivity contribution in [3.8, 4) is 0 Å². The van der Waals surface area contributed by atoms with Crippen LogP contribution in [0.1, 0.15) is 52.9 Å². The van der Waals surface area contributed by atoms with Crippen LogP contribution in [0.2, 0.25) is 0 Å². The molecule has 0 radical (unpaired) electrons. The van der Waals surface area contributed by atoms with Gasteiger partial charge in [-0.05, 0) is 49.4 Å². The van der Waals surface area contributed by atoms with Gasteiger partial charge in [0.2, 0.25) is 5.91 Å². The second-order valence-electron chi connectivity index (χ2n) is 7.71. The lowest BCUT2D eigenvalue weighted by Crippen LogP contribution is -2.53. The number of carbonyl (C=O) groups is 1. The number of nitrogens with zero attached hydrogens (tertiary/aromatic N) is 1. The highest BCUT2D eigenvalue weighted by Gasteiger charge is 2.46. The van der Waals surface area contributed by atoms with Crippen molar-refractivity contribution in [3.63, 3.8) is 0 Å². The van der Waals surface area contributed by atoms with Crippen LogP contribution >= 0.6 is 0 Å². The standard InChI is InChI=1S/C17H32N2O2/c1-12-15(18)7-6-14(17(12,2)3)16(21)19-9-4-5-13(11-19)8-10-20/h12-15,20H,4-11,18H2,1-3H3. The first-order valence-corrected chi connectivity index (χ1v) is 8.53. The van der Waals surface area contributed by atoms with E-state index in [4.69, 9.17) is 10.8 Å². The van der Waals surface area contributed by atoms with Crippen LogP contribution in [-0.4, -0.2) is 41.7 Å². The lowest BCUT2D eigenvalue weighted by molar-refractivity contribution is -0.145. The van der Waals surface area contributed by atoms with Gasteiger partial charge in [0.15, 0.2) is 0 Å². The Balaban J connectivity index is 2.05. The molecule has 4 unspecified atom stereocenters. The Kier molecular flexibility index (Phi) is 5.31. The van der Waals surface area contributed by atoms with E-state index in [0.717, 1.165) is 45.2 Å². The van der Waals surface area contributed by atoms with E-state index in [1.54, 1.807) is 0 Å². The Morgan fingerprint density at radius 2 is 2.05 bits per heavy atom. The summed E-state index contributed by atoms with van der Waals surface area (Å²) < 4.78 is 0. The third kappa shape index (κ3) is 3.42. The summed E-state index contributed by atoms with van der Waals surface area (Å²) >= 11 is 0. The number of likely N-dealkylation sites (tertiary alicyclic amines) is 1. The molecule has 1 saturated heterocycles. The molecule has 0 aromatic rings. The van der Waals surface area contributed by atoms with Crippen molar-refractivity contribution in [2.75, 3.05) is 19.7 Å². The average molecular weight is 296 g/mol. The van der Waals surface area contributed by atoms with Crippen LogP contribution < -0.4 is 5.73 Å². The molecule has 2 aliphatic rings. The highest BCUT2D eigenvalue weighted by atomic mass is 16.3. The van der Waals surface area contributed by atoms with Crippen LogP contribution in [0.5, 0.6) is 0 Å². The van der Waals surface area contributed by atoms with Gasteiger partial charge in [0, 0.05) is 31.7 Å². The van der Waals surface area contributed by atoms with E-state index in [1.807, 2.05) is 0 Å². The molecule has 0 bridgehead atoms. The van der Waals surface area contributed by atoms with Gasteiger partial charge in [-0.25, -0.2) is 0 Å². The fourth-order valence-electron chi connectivity index (χ4n) is 4.20. The number of aliphatic hydroxyl groups is 1. The Morgan fingerprint density at radius 1 is 1.33 bits per heavy atom. The number of carbonyl (C=O) groups excluding carboxylic acids is 1. The van der Waals surface area contributed by atoms with Gasteiger partial charge in [0.1, 0.15) is 0 Å². The normalized spacial score (nSPS) is 36.5. The molecule has 4 nitrogen and oxygen atoms in total. The SMILES string of the molecule is CC1C(N)CCC(C(=O)N2CCCC(CCO)C2)C1(C)C. The zero-order chi connectivity index (χ0) is 15.6. The molecule has 2 fully saturated rings. The first-order valence-electron chi connectivity index (χ1n) is 8.53. The lowest BCUT2D eigenvalue weighted by atomic mass is 9.60. The van der Waals surface area contributed by atoms with Crippen molar-refractivity contribution in [2.24, 2.45) is 28.9 Å². The zero-order valence-electron chi connectivity index (χ0n) is 13.8. The van der Waals surface area contributed by atoms with Crippen LogP contribution in [0.15, 0.2) is 0 Å². The van der Waals surface area contributed by atoms with E-state index in [-0.39, 0.29) is 24.0 Å². The van der Waals surface area contributed by atoms with Crippen molar-refractivity contribution in [2.45, 2.75) is 58.9 Å². The number of nitrogens with two attached hydrogens (primary N) is 1. The van der Waals surface area contributed by atoms with Gasteiger partial charge in [-0.2, -0.15) is 0 Å². The number of hydrogen-bond acceptors (Lipinski definition) is 3. The third-order valence-electron chi connectivity index (χ3n) is 6.17. The summed E-state index contributed by atoms with van der Waals surface area (Å²) in [6, 6.07) is 0.215. The number of amides is 1. The minimum absolute atomic E-state index is 0.0291. The minimum Gasteiger partial charge on any atom is -0.396 e. The first-order chi connectivity index (χ1) is 9.87. The molecule has 0 spiro atoms. The Hall–Kier alpha value is -0.610. The molecule has 1 saturated carbocycles. The van der Waals surface area contributed by atoms with Crippen LogP contribution in [0.3, 0.4) is 0 Å². The fourth-order valence-corrected chi connectivity index (χ4v) is 4.20. The maximum absolute atomic E-state index is 13.0. The fraction of sp³-hybridized carbons (Fsp3) is 0.941. The summed E-state index contributed by atoms with van der Waals surface area (Å²) in [5.74, 6) is 1.26. The molecule has 2 rings (SSSR count). The van der Waals surface area contributed by atoms with Gasteiger partial charge in [-0.1, -0.05) is 20.8 Å². The quantitative estimate of drug-likeness (QED) is 0.837. The average Bonchev–Trinajstić information content (AvgIpc) is 2.45. The molecular weight excluding hydrogens is 264 g/mol. The molecule has 1 amide bonds. The van der Waals surface area contributed by atoms with E-state index < -0.39 is 0 Å². The zero-order valence-corrected chi connectivity index (χ0v) is 13.8. The first kappa shape index (κ1) is 16.8. The minimum atomic E-state index is -0.0291. The van der Waals surface area contributed by atoms with Gasteiger partial charge < -0.3 is 15.7 Å². The molecular formula is C17H32N2O2. The Morgan fingerprint density at radius 3 is 2.71 bits per heavy atom. The molecule has 1 heterocycles. The number of rotatable bonds is 3.